The second kappa shape index (κ2) is 3.62. The lowest BCUT2D eigenvalue weighted by Crippen LogP contribution is -1.83. The highest BCUT2D eigenvalue weighted by Gasteiger charge is 2.03. The quantitative estimate of drug-likeness (QED) is 0.633. The number of hydrogen-bond acceptors (Lipinski definition) is 2. The van der Waals surface area contributed by atoms with Gasteiger partial charge in [-0.05, 0) is 6.42 Å². The molecule has 1 heterocycles. The summed E-state index contributed by atoms with van der Waals surface area (Å²) in [5, 5.41) is 3.65. The van der Waals surface area contributed by atoms with E-state index >= 15 is 0 Å². The van der Waals surface area contributed by atoms with Crippen LogP contribution in [-0.4, -0.2) is 5.16 Å². The van der Waals surface area contributed by atoms with Gasteiger partial charge in [-0.15, -0.1) is 11.6 Å². The lowest BCUT2D eigenvalue weighted by Gasteiger charge is -1.91. The third-order valence-electron chi connectivity index (χ3n) is 1.35. The smallest absolute Gasteiger partial charge is 0.141 e. The molecule has 0 atom stereocenters. The summed E-state index contributed by atoms with van der Waals surface area (Å²) < 4.78 is 4.96. The predicted molar refractivity (Wildman–Crippen MR) is 40.1 cm³/mol. The average Bonchev–Trinajstić information content (AvgIpc) is 2.36. The van der Waals surface area contributed by atoms with Crippen LogP contribution >= 0.6 is 11.6 Å². The molecule has 0 fully saturated rings. The van der Waals surface area contributed by atoms with E-state index in [0.717, 1.165) is 24.2 Å². The van der Waals surface area contributed by atoms with Gasteiger partial charge in [0.2, 0.25) is 0 Å². The maximum absolute atomic E-state index is 5.61. The first-order valence-electron chi connectivity index (χ1n) is 3.37. The molecular formula is C7H10ClNO. The maximum atomic E-state index is 5.61. The zero-order valence-corrected chi connectivity index (χ0v) is 6.69. The molecule has 0 spiro atoms. The van der Waals surface area contributed by atoms with Crippen molar-refractivity contribution in [2.75, 3.05) is 0 Å². The molecule has 0 bridgehead atoms. The van der Waals surface area contributed by atoms with Gasteiger partial charge < -0.3 is 4.52 Å². The Labute approximate surface area is 65.2 Å². The van der Waals surface area contributed by atoms with E-state index in [0.29, 0.717) is 5.88 Å². The molecule has 56 valence electrons. The van der Waals surface area contributed by atoms with Gasteiger partial charge in [0.1, 0.15) is 5.76 Å². The van der Waals surface area contributed by atoms with E-state index < -0.39 is 0 Å². The number of aryl methyl sites for hydroxylation is 1. The van der Waals surface area contributed by atoms with E-state index in [1.807, 2.05) is 0 Å². The second-order valence-electron chi connectivity index (χ2n) is 2.16. The van der Waals surface area contributed by atoms with Gasteiger partial charge in [0.05, 0.1) is 12.1 Å². The van der Waals surface area contributed by atoms with Crippen molar-refractivity contribution in [2.45, 2.75) is 25.6 Å². The van der Waals surface area contributed by atoms with Crippen molar-refractivity contribution in [2.24, 2.45) is 0 Å². The van der Waals surface area contributed by atoms with Crippen molar-refractivity contribution in [1.82, 2.24) is 5.16 Å². The molecule has 0 aliphatic rings. The molecule has 1 aromatic rings. The molecule has 0 amide bonds. The first-order valence-corrected chi connectivity index (χ1v) is 3.90. The fraction of sp³-hybridized carbons (Fsp3) is 0.571. The molecule has 0 aliphatic carbocycles. The van der Waals surface area contributed by atoms with Gasteiger partial charge in [-0.25, -0.2) is 0 Å². The van der Waals surface area contributed by atoms with Gasteiger partial charge in [-0.2, -0.15) is 0 Å². The Bertz CT molecular complexity index is 197. The zero-order valence-electron chi connectivity index (χ0n) is 5.93. The van der Waals surface area contributed by atoms with Gasteiger partial charge in [0, 0.05) is 12.0 Å². The Morgan fingerprint density at radius 1 is 1.70 bits per heavy atom. The minimum Gasteiger partial charge on any atom is -0.361 e. The molecule has 0 aromatic carbocycles. The highest BCUT2D eigenvalue weighted by molar-refractivity contribution is 6.17. The summed E-state index contributed by atoms with van der Waals surface area (Å²) >= 11 is 5.61. The number of nitrogens with zero attached hydrogens (tertiary/aromatic N) is 1. The lowest BCUT2D eigenvalue weighted by atomic mass is 10.2. The average molecular weight is 160 g/mol. The fourth-order valence-electron chi connectivity index (χ4n) is 0.827. The van der Waals surface area contributed by atoms with E-state index in [4.69, 9.17) is 16.1 Å². The normalized spacial score (nSPS) is 10.2. The van der Waals surface area contributed by atoms with Gasteiger partial charge in [-0.3, -0.25) is 0 Å². The monoisotopic (exact) mass is 159 g/mol. The van der Waals surface area contributed by atoms with Gasteiger partial charge in [-0.1, -0.05) is 12.1 Å². The van der Waals surface area contributed by atoms with Crippen LogP contribution in [0.3, 0.4) is 0 Å². The van der Waals surface area contributed by atoms with Crippen LogP contribution in [-0.2, 0) is 12.3 Å². The predicted octanol–water partition coefficient (Wildman–Crippen LogP) is 2.37. The van der Waals surface area contributed by atoms with Crippen LogP contribution in [0.1, 0.15) is 24.7 Å². The number of alkyl halides is 1. The first-order chi connectivity index (χ1) is 4.88. The van der Waals surface area contributed by atoms with Crippen molar-refractivity contribution >= 4 is 11.6 Å². The van der Waals surface area contributed by atoms with Crippen molar-refractivity contribution in [3.8, 4) is 0 Å². The zero-order chi connectivity index (χ0) is 7.40. The summed E-state index contributed by atoms with van der Waals surface area (Å²) in [6.07, 6.45) is 3.68. The molecule has 3 heteroatoms. The van der Waals surface area contributed by atoms with E-state index in [9.17, 15) is 0 Å². The van der Waals surface area contributed by atoms with Gasteiger partial charge >= 0.3 is 0 Å². The van der Waals surface area contributed by atoms with Crippen LogP contribution < -0.4 is 0 Å². The number of halogens is 1. The Balaban J connectivity index is 2.70. The standard InChI is InChI=1S/C7H10ClNO/c1-2-3-7-6(4-8)5-9-10-7/h5H,2-4H2,1H3. The van der Waals surface area contributed by atoms with Crippen LogP contribution in [0.15, 0.2) is 10.7 Å². The summed E-state index contributed by atoms with van der Waals surface area (Å²) in [5.41, 5.74) is 1.02. The highest BCUT2D eigenvalue weighted by atomic mass is 35.5. The van der Waals surface area contributed by atoms with Crippen molar-refractivity contribution in [3.05, 3.63) is 17.5 Å². The summed E-state index contributed by atoms with van der Waals surface area (Å²) in [4.78, 5) is 0. The van der Waals surface area contributed by atoms with Crippen LogP contribution in [0, 0.1) is 0 Å². The molecule has 0 N–H and O–H groups in total. The van der Waals surface area contributed by atoms with Crippen molar-refractivity contribution in [3.63, 3.8) is 0 Å². The van der Waals surface area contributed by atoms with Crippen LogP contribution in [0.25, 0.3) is 0 Å². The SMILES string of the molecule is CCCc1oncc1CCl. The Morgan fingerprint density at radius 3 is 3.10 bits per heavy atom. The van der Waals surface area contributed by atoms with Gasteiger partial charge in [0.25, 0.3) is 0 Å². The molecule has 1 rings (SSSR count). The molecular weight excluding hydrogens is 150 g/mol. The summed E-state index contributed by atoms with van der Waals surface area (Å²) in [6.45, 7) is 2.10. The van der Waals surface area contributed by atoms with Crippen LogP contribution in [0.2, 0.25) is 0 Å². The largest absolute Gasteiger partial charge is 0.361 e. The molecule has 0 aliphatic heterocycles. The third-order valence-corrected chi connectivity index (χ3v) is 1.64. The highest BCUT2D eigenvalue weighted by Crippen LogP contribution is 2.11. The van der Waals surface area contributed by atoms with Crippen LogP contribution in [0.5, 0.6) is 0 Å². The first kappa shape index (κ1) is 7.61. The number of aromatic nitrogens is 1. The minimum atomic E-state index is 0.499. The summed E-state index contributed by atoms with van der Waals surface area (Å²) in [5.74, 6) is 1.43. The molecule has 0 radical (unpaired) electrons. The number of rotatable bonds is 3. The summed E-state index contributed by atoms with van der Waals surface area (Å²) in [6, 6.07) is 0. The Hall–Kier alpha value is -0.500. The Morgan fingerprint density at radius 2 is 2.50 bits per heavy atom. The molecule has 0 saturated heterocycles. The lowest BCUT2D eigenvalue weighted by molar-refractivity contribution is 0.381. The molecule has 1 aromatic heterocycles. The minimum absolute atomic E-state index is 0.499. The molecule has 2 nitrogen and oxygen atoms in total. The molecule has 0 unspecified atom stereocenters. The summed E-state index contributed by atoms with van der Waals surface area (Å²) in [7, 11) is 0. The van der Waals surface area contributed by atoms with Crippen LogP contribution in [0.4, 0.5) is 0 Å². The van der Waals surface area contributed by atoms with E-state index in [1.165, 1.54) is 0 Å². The maximum Gasteiger partial charge on any atom is 0.141 e. The van der Waals surface area contributed by atoms with Crippen molar-refractivity contribution < 1.29 is 4.52 Å². The van der Waals surface area contributed by atoms with E-state index in [1.54, 1.807) is 6.20 Å². The number of hydrogen-bond donors (Lipinski definition) is 0. The third kappa shape index (κ3) is 1.51. The van der Waals surface area contributed by atoms with E-state index in [-0.39, 0.29) is 0 Å². The van der Waals surface area contributed by atoms with E-state index in [2.05, 4.69) is 12.1 Å². The molecule has 0 saturated carbocycles. The molecule has 10 heavy (non-hydrogen) atoms. The van der Waals surface area contributed by atoms with Gasteiger partial charge in [0.15, 0.2) is 0 Å². The second-order valence-corrected chi connectivity index (χ2v) is 2.43. The topological polar surface area (TPSA) is 26.0 Å². The van der Waals surface area contributed by atoms with Crippen molar-refractivity contribution in [1.29, 1.82) is 0 Å². The Kier molecular flexibility index (Phi) is 2.75. The fourth-order valence-corrected chi connectivity index (χ4v) is 1.04.